The van der Waals surface area contributed by atoms with Crippen LogP contribution in [0, 0.1) is 0 Å². The zero-order valence-electron chi connectivity index (χ0n) is 17.6. The van der Waals surface area contributed by atoms with Crippen LogP contribution in [-0.2, 0) is 6.54 Å². The lowest BCUT2D eigenvalue weighted by atomic mass is 10.1. The van der Waals surface area contributed by atoms with E-state index >= 15 is 0 Å². The molecule has 0 bridgehead atoms. The van der Waals surface area contributed by atoms with Crippen LogP contribution < -0.4 is 20.4 Å². The summed E-state index contributed by atoms with van der Waals surface area (Å²) < 4.78 is 0. The van der Waals surface area contributed by atoms with Crippen molar-refractivity contribution in [1.29, 1.82) is 0 Å². The van der Waals surface area contributed by atoms with Crippen LogP contribution in [0.2, 0.25) is 0 Å². The summed E-state index contributed by atoms with van der Waals surface area (Å²) in [5, 5.41) is 8.42. The molecule has 9 nitrogen and oxygen atoms in total. The number of nitrogens with one attached hydrogen (secondary N) is 2. The minimum absolute atomic E-state index is 0.168. The Morgan fingerprint density at radius 3 is 2.81 bits per heavy atom. The average molecular weight is 450 g/mol. The molecule has 2 aliphatic heterocycles. The third-order valence-electron chi connectivity index (χ3n) is 5.58. The van der Waals surface area contributed by atoms with Gasteiger partial charge in [0.25, 0.3) is 5.91 Å². The van der Waals surface area contributed by atoms with Gasteiger partial charge in [0, 0.05) is 51.3 Å². The summed E-state index contributed by atoms with van der Waals surface area (Å²) in [7, 11) is 1.76. The van der Waals surface area contributed by atoms with Crippen molar-refractivity contribution in [2.75, 3.05) is 48.3 Å². The van der Waals surface area contributed by atoms with Gasteiger partial charge in [0.05, 0.1) is 23.3 Å². The molecule has 32 heavy (non-hydrogen) atoms. The van der Waals surface area contributed by atoms with Gasteiger partial charge in [-0.3, -0.25) is 9.78 Å². The van der Waals surface area contributed by atoms with E-state index < -0.39 is 0 Å². The predicted molar refractivity (Wildman–Crippen MR) is 125 cm³/mol. The van der Waals surface area contributed by atoms with Crippen molar-refractivity contribution in [2.45, 2.75) is 6.54 Å². The second-order valence-corrected chi connectivity index (χ2v) is 8.54. The molecule has 2 N–H and O–H groups in total. The number of para-hydroxylation sites is 1. The number of urea groups is 1. The summed E-state index contributed by atoms with van der Waals surface area (Å²) in [6, 6.07) is 9.48. The average Bonchev–Trinajstić information content (AvgIpc) is 3.31. The summed E-state index contributed by atoms with van der Waals surface area (Å²) in [5.74, 6) is -0.331. The van der Waals surface area contributed by atoms with Gasteiger partial charge >= 0.3 is 6.03 Å². The molecule has 5 rings (SSSR count). The first-order valence-electron chi connectivity index (χ1n) is 10.4. The maximum absolute atomic E-state index is 13.0. The number of carbonyl (C=O) groups excluding carboxylic acids is 2. The minimum Gasteiger partial charge on any atom is -0.367 e. The molecule has 0 saturated carbocycles. The Morgan fingerprint density at radius 1 is 1.16 bits per heavy atom. The molecule has 0 unspecified atom stereocenters. The predicted octanol–water partition coefficient (Wildman–Crippen LogP) is 2.90. The smallest absolute Gasteiger partial charge is 0.331 e. The van der Waals surface area contributed by atoms with Crippen molar-refractivity contribution in [1.82, 2.24) is 20.2 Å². The van der Waals surface area contributed by atoms with E-state index in [9.17, 15) is 9.59 Å². The summed E-state index contributed by atoms with van der Waals surface area (Å²) in [6.07, 6.45) is 3.38. The van der Waals surface area contributed by atoms with Crippen molar-refractivity contribution < 1.29 is 9.59 Å². The van der Waals surface area contributed by atoms with Crippen LogP contribution in [-0.4, -0.2) is 60.0 Å². The highest BCUT2D eigenvalue weighted by Crippen LogP contribution is 2.36. The second kappa shape index (κ2) is 8.56. The number of rotatable bonds is 4. The molecule has 1 aromatic carbocycles. The Balaban J connectivity index is 1.39. The molecule has 1 saturated heterocycles. The summed E-state index contributed by atoms with van der Waals surface area (Å²) in [5.41, 5.74) is 3.68. The zero-order valence-corrected chi connectivity index (χ0v) is 18.4. The van der Waals surface area contributed by atoms with Gasteiger partial charge < -0.3 is 20.4 Å². The lowest BCUT2D eigenvalue weighted by Crippen LogP contribution is -2.43. The number of anilines is 4. The van der Waals surface area contributed by atoms with Crippen LogP contribution >= 0.6 is 11.3 Å². The number of amides is 3. The van der Waals surface area contributed by atoms with E-state index in [4.69, 9.17) is 0 Å². The van der Waals surface area contributed by atoms with Crippen LogP contribution in [0.5, 0.6) is 0 Å². The number of hydrogen-bond acceptors (Lipinski definition) is 7. The molecule has 4 heterocycles. The van der Waals surface area contributed by atoms with E-state index in [2.05, 4.69) is 25.5 Å². The van der Waals surface area contributed by atoms with Gasteiger partial charge in [-0.05, 0) is 17.7 Å². The molecule has 10 heteroatoms. The van der Waals surface area contributed by atoms with Crippen molar-refractivity contribution in [3.63, 3.8) is 0 Å². The molecule has 0 aliphatic carbocycles. The monoisotopic (exact) mass is 449 g/mol. The fraction of sp³-hybridized carbons (Fsp3) is 0.273. The van der Waals surface area contributed by atoms with E-state index in [0.717, 1.165) is 43.1 Å². The molecule has 1 fully saturated rings. The summed E-state index contributed by atoms with van der Waals surface area (Å²) in [6.45, 7) is 4.05. The molecule has 164 valence electrons. The maximum Gasteiger partial charge on any atom is 0.331 e. The maximum atomic E-state index is 13.0. The molecule has 3 amide bonds. The quantitative estimate of drug-likeness (QED) is 0.636. The highest BCUT2D eigenvalue weighted by atomic mass is 32.1. The first kappa shape index (κ1) is 20.4. The Morgan fingerprint density at radius 2 is 1.97 bits per heavy atom. The first-order chi connectivity index (χ1) is 15.6. The summed E-state index contributed by atoms with van der Waals surface area (Å²) >= 11 is 1.27. The highest BCUT2D eigenvalue weighted by molar-refractivity contribution is 7.14. The van der Waals surface area contributed by atoms with Crippen LogP contribution in [0.15, 0.2) is 48.1 Å². The number of piperazine rings is 1. The molecule has 0 atom stereocenters. The Kier molecular flexibility index (Phi) is 5.46. The number of aromatic nitrogens is 2. The molecular weight excluding hydrogens is 426 g/mol. The van der Waals surface area contributed by atoms with E-state index in [1.54, 1.807) is 34.6 Å². The number of carbonyl (C=O) groups is 2. The largest absolute Gasteiger partial charge is 0.367 e. The van der Waals surface area contributed by atoms with E-state index in [0.29, 0.717) is 17.4 Å². The van der Waals surface area contributed by atoms with Crippen molar-refractivity contribution in [2.24, 2.45) is 0 Å². The minimum atomic E-state index is -0.331. The van der Waals surface area contributed by atoms with Gasteiger partial charge in [-0.1, -0.05) is 18.2 Å². The molecule has 0 radical (unpaired) electrons. The van der Waals surface area contributed by atoms with Gasteiger partial charge in [-0.2, -0.15) is 0 Å². The third kappa shape index (κ3) is 3.78. The van der Waals surface area contributed by atoms with Crippen LogP contribution in [0.25, 0.3) is 0 Å². The fourth-order valence-electron chi connectivity index (χ4n) is 3.97. The number of pyridine rings is 1. The van der Waals surface area contributed by atoms with Crippen LogP contribution in [0.3, 0.4) is 0 Å². The molecule has 2 aromatic heterocycles. The Bertz CT molecular complexity index is 1160. The SMILES string of the molecule is CN1Cc2ccccc2N(c2nc(C(=O)Nc3cnccc3N3CCNCC3)cs2)C1=O. The standard InChI is InChI=1S/C22H23N7O2S/c1-27-13-15-4-2-3-5-18(15)29(22(27)31)21-26-17(14-32-21)20(30)25-16-12-24-7-6-19(16)28-10-8-23-9-11-28/h2-7,12,14,23H,8-11,13H2,1H3,(H,25,30). The fourth-order valence-corrected chi connectivity index (χ4v) is 4.78. The lowest BCUT2D eigenvalue weighted by molar-refractivity contribution is 0.102. The molecular formula is C22H23N7O2S. The van der Waals surface area contributed by atoms with Gasteiger partial charge in [-0.15, -0.1) is 11.3 Å². The number of benzene rings is 1. The number of thiazole rings is 1. The topological polar surface area (TPSA) is 93.7 Å². The van der Waals surface area contributed by atoms with Gasteiger partial charge in [0.15, 0.2) is 5.13 Å². The van der Waals surface area contributed by atoms with Crippen LogP contribution in [0.4, 0.5) is 27.0 Å². The van der Waals surface area contributed by atoms with E-state index in [1.807, 2.05) is 30.3 Å². The van der Waals surface area contributed by atoms with Gasteiger partial charge in [0.1, 0.15) is 5.69 Å². The first-order valence-corrected chi connectivity index (χ1v) is 11.3. The van der Waals surface area contributed by atoms with Crippen molar-refractivity contribution in [3.05, 3.63) is 59.4 Å². The number of hydrogen-bond donors (Lipinski definition) is 2. The Labute approximate surface area is 189 Å². The number of nitrogens with zero attached hydrogens (tertiary/aromatic N) is 5. The lowest BCUT2D eigenvalue weighted by Gasteiger charge is -2.33. The molecule has 2 aliphatic rings. The second-order valence-electron chi connectivity index (χ2n) is 7.70. The zero-order chi connectivity index (χ0) is 22.1. The molecule has 3 aromatic rings. The van der Waals surface area contributed by atoms with E-state index in [-0.39, 0.29) is 17.6 Å². The van der Waals surface area contributed by atoms with Crippen molar-refractivity contribution in [3.8, 4) is 0 Å². The van der Waals surface area contributed by atoms with Gasteiger partial charge in [-0.25, -0.2) is 14.7 Å². The van der Waals surface area contributed by atoms with Crippen molar-refractivity contribution >= 4 is 45.5 Å². The third-order valence-corrected chi connectivity index (χ3v) is 6.40. The number of fused-ring (bicyclic) bond motifs is 1. The van der Waals surface area contributed by atoms with Gasteiger partial charge in [0.2, 0.25) is 0 Å². The summed E-state index contributed by atoms with van der Waals surface area (Å²) in [4.78, 5) is 40.0. The van der Waals surface area contributed by atoms with E-state index in [1.165, 1.54) is 11.3 Å². The normalized spacial score (nSPS) is 16.2. The Hall–Kier alpha value is -3.50. The highest BCUT2D eigenvalue weighted by Gasteiger charge is 2.31. The van der Waals surface area contributed by atoms with Crippen LogP contribution in [0.1, 0.15) is 16.1 Å². The molecule has 0 spiro atoms.